The molecule has 0 saturated carbocycles. The van der Waals surface area contributed by atoms with E-state index in [9.17, 15) is 0 Å². The zero-order valence-corrected chi connectivity index (χ0v) is 9.22. The number of hydrogen-bond acceptors (Lipinski definition) is 4. The van der Waals surface area contributed by atoms with Gasteiger partial charge >= 0.3 is 0 Å². The molecule has 0 bridgehead atoms. The first-order valence-electron chi connectivity index (χ1n) is 5.27. The van der Waals surface area contributed by atoms with E-state index in [0.717, 1.165) is 43.4 Å². The van der Waals surface area contributed by atoms with Crippen molar-refractivity contribution < 1.29 is 4.74 Å². The number of ether oxygens (including phenoxy) is 1. The minimum Gasteiger partial charge on any atom is -0.378 e. The topological polar surface area (TPSA) is 38.2 Å². The molecule has 1 saturated heterocycles. The molecule has 0 N–H and O–H groups in total. The number of anilines is 1. The molecule has 16 heavy (non-hydrogen) atoms. The zero-order chi connectivity index (χ0) is 11.4. The molecule has 0 aliphatic carbocycles. The molecule has 1 aliphatic rings. The van der Waals surface area contributed by atoms with Gasteiger partial charge in [-0.15, -0.1) is 0 Å². The zero-order valence-electron chi connectivity index (χ0n) is 9.22. The summed E-state index contributed by atoms with van der Waals surface area (Å²) in [6.07, 6.45) is 5.26. The van der Waals surface area contributed by atoms with Gasteiger partial charge < -0.3 is 9.64 Å². The van der Waals surface area contributed by atoms with Gasteiger partial charge in [-0.25, -0.2) is 9.97 Å². The summed E-state index contributed by atoms with van der Waals surface area (Å²) < 4.78 is 5.28. The molecule has 2 heterocycles. The molecule has 1 fully saturated rings. The van der Waals surface area contributed by atoms with Gasteiger partial charge in [-0.05, 0) is 5.57 Å². The summed E-state index contributed by atoms with van der Waals surface area (Å²) in [5, 5.41) is 0. The van der Waals surface area contributed by atoms with E-state index < -0.39 is 0 Å². The minimum atomic E-state index is 0.741. The molecule has 0 spiro atoms. The molecule has 0 aromatic carbocycles. The average molecular weight is 217 g/mol. The van der Waals surface area contributed by atoms with Crippen LogP contribution in [0.15, 0.2) is 31.6 Å². The fraction of sp³-hybridized carbons (Fsp3) is 0.333. The molecule has 0 unspecified atom stereocenters. The summed E-state index contributed by atoms with van der Waals surface area (Å²) in [6, 6.07) is 0. The lowest BCUT2D eigenvalue weighted by Crippen LogP contribution is -2.37. The Hall–Kier alpha value is -1.68. The Morgan fingerprint density at radius 2 is 1.94 bits per heavy atom. The lowest BCUT2D eigenvalue weighted by atomic mass is 10.2. The molecular formula is C12H15N3O. The summed E-state index contributed by atoms with van der Waals surface area (Å²) in [5.74, 6) is 0.754. The van der Waals surface area contributed by atoms with Crippen LogP contribution in [0.1, 0.15) is 5.56 Å². The van der Waals surface area contributed by atoms with Gasteiger partial charge in [-0.3, -0.25) is 0 Å². The molecule has 0 radical (unpaired) electrons. The van der Waals surface area contributed by atoms with Gasteiger partial charge in [0.2, 0.25) is 5.95 Å². The SMILES string of the molecule is C=CC(=C)c1cnc(N2CCOCC2)nc1. The van der Waals surface area contributed by atoms with E-state index in [4.69, 9.17) is 4.74 Å². The Morgan fingerprint density at radius 3 is 2.50 bits per heavy atom. The fourth-order valence-corrected chi connectivity index (χ4v) is 1.53. The van der Waals surface area contributed by atoms with Gasteiger partial charge in [-0.1, -0.05) is 19.2 Å². The number of aromatic nitrogens is 2. The third-order valence-corrected chi connectivity index (χ3v) is 2.55. The number of rotatable bonds is 3. The summed E-state index contributed by atoms with van der Waals surface area (Å²) in [6.45, 7) is 10.7. The van der Waals surface area contributed by atoms with Crippen molar-refractivity contribution in [3.63, 3.8) is 0 Å². The van der Waals surface area contributed by atoms with Crippen molar-refractivity contribution in [2.75, 3.05) is 31.2 Å². The quantitative estimate of drug-likeness (QED) is 0.719. The van der Waals surface area contributed by atoms with Crippen molar-refractivity contribution in [2.45, 2.75) is 0 Å². The van der Waals surface area contributed by atoms with Gasteiger partial charge in [-0.2, -0.15) is 0 Å². The van der Waals surface area contributed by atoms with Gasteiger partial charge in [0.15, 0.2) is 0 Å². The molecule has 1 aromatic heterocycles. The number of allylic oxidation sites excluding steroid dienone is 2. The van der Waals surface area contributed by atoms with Crippen LogP contribution in [0.5, 0.6) is 0 Å². The highest BCUT2D eigenvalue weighted by Gasteiger charge is 2.13. The third kappa shape index (κ3) is 2.28. The predicted octanol–water partition coefficient (Wildman–Crippen LogP) is 1.51. The van der Waals surface area contributed by atoms with Gasteiger partial charge in [0, 0.05) is 31.0 Å². The smallest absolute Gasteiger partial charge is 0.225 e. The maximum Gasteiger partial charge on any atom is 0.225 e. The lowest BCUT2D eigenvalue weighted by molar-refractivity contribution is 0.122. The molecule has 0 atom stereocenters. The van der Waals surface area contributed by atoms with E-state index in [1.165, 1.54) is 0 Å². The maximum absolute atomic E-state index is 5.28. The van der Waals surface area contributed by atoms with Crippen LogP contribution in [0, 0.1) is 0 Å². The third-order valence-electron chi connectivity index (χ3n) is 2.55. The second kappa shape index (κ2) is 4.90. The van der Waals surface area contributed by atoms with Crippen molar-refractivity contribution in [1.82, 2.24) is 9.97 Å². The van der Waals surface area contributed by atoms with E-state index in [2.05, 4.69) is 28.0 Å². The minimum absolute atomic E-state index is 0.741. The van der Waals surface area contributed by atoms with Crippen LogP contribution in [0.4, 0.5) is 5.95 Å². The van der Waals surface area contributed by atoms with Crippen LogP contribution in [-0.4, -0.2) is 36.3 Å². The van der Waals surface area contributed by atoms with E-state index in [1.54, 1.807) is 18.5 Å². The molecule has 1 aromatic rings. The molecule has 0 amide bonds. The Bertz CT molecular complexity index is 380. The Labute approximate surface area is 95.3 Å². The van der Waals surface area contributed by atoms with E-state index in [-0.39, 0.29) is 0 Å². The largest absolute Gasteiger partial charge is 0.378 e. The van der Waals surface area contributed by atoms with Crippen LogP contribution in [0.3, 0.4) is 0 Å². The second-order valence-corrected chi connectivity index (χ2v) is 3.60. The monoisotopic (exact) mass is 217 g/mol. The van der Waals surface area contributed by atoms with Crippen molar-refractivity contribution >= 4 is 11.5 Å². The highest BCUT2D eigenvalue weighted by Crippen LogP contribution is 2.14. The van der Waals surface area contributed by atoms with E-state index >= 15 is 0 Å². The lowest BCUT2D eigenvalue weighted by Gasteiger charge is -2.26. The van der Waals surface area contributed by atoms with Gasteiger partial charge in [0.05, 0.1) is 13.2 Å². The molecule has 4 nitrogen and oxygen atoms in total. The highest BCUT2D eigenvalue weighted by atomic mass is 16.5. The molecule has 2 rings (SSSR count). The Kier molecular flexibility index (Phi) is 3.31. The second-order valence-electron chi connectivity index (χ2n) is 3.60. The van der Waals surface area contributed by atoms with Crippen molar-refractivity contribution in [3.05, 3.63) is 37.2 Å². The van der Waals surface area contributed by atoms with Crippen LogP contribution < -0.4 is 4.90 Å². The Balaban J connectivity index is 2.11. The van der Waals surface area contributed by atoms with Crippen LogP contribution >= 0.6 is 0 Å². The summed E-state index contributed by atoms with van der Waals surface area (Å²) in [4.78, 5) is 10.8. The van der Waals surface area contributed by atoms with Gasteiger partial charge in [0.25, 0.3) is 0 Å². The van der Waals surface area contributed by atoms with Crippen molar-refractivity contribution in [3.8, 4) is 0 Å². The van der Waals surface area contributed by atoms with Crippen LogP contribution in [0.25, 0.3) is 5.57 Å². The first-order valence-corrected chi connectivity index (χ1v) is 5.27. The number of morpholine rings is 1. The maximum atomic E-state index is 5.28. The van der Waals surface area contributed by atoms with Crippen molar-refractivity contribution in [1.29, 1.82) is 0 Å². The predicted molar refractivity (Wildman–Crippen MR) is 64.3 cm³/mol. The Morgan fingerprint density at radius 1 is 1.31 bits per heavy atom. The molecular weight excluding hydrogens is 202 g/mol. The van der Waals surface area contributed by atoms with Crippen molar-refractivity contribution in [2.24, 2.45) is 0 Å². The number of nitrogens with zero attached hydrogens (tertiary/aromatic N) is 3. The first kappa shape index (κ1) is 10.8. The van der Waals surface area contributed by atoms with Gasteiger partial charge in [0.1, 0.15) is 0 Å². The summed E-state index contributed by atoms with van der Waals surface area (Å²) in [5.41, 5.74) is 1.75. The molecule has 4 heteroatoms. The molecule has 1 aliphatic heterocycles. The normalized spacial score (nSPS) is 15.9. The average Bonchev–Trinajstić information content (AvgIpc) is 2.39. The van der Waals surface area contributed by atoms with E-state index in [0.29, 0.717) is 0 Å². The van der Waals surface area contributed by atoms with Crippen LogP contribution in [0.2, 0.25) is 0 Å². The van der Waals surface area contributed by atoms with Crippen LogP contribution in [-0.2, 0) is 4.74 Å². The fourth-order valence-electron chi connectivity index (χ4n) is 1.53. The molecule has 84 valence electrons. The summed E-state index contributed by atoms with van der Waals surface area (Å²) >= 11 is 0. The van der Waals surface area contributed by atoms with E-state index in [1.807, 2.05) is 0 Å². The standard InChI is InChI=1S/C12H15N3O/c1-3-10(2)11-8-13-12(14-9-11)15-4-6-16-7-5-15/h3,8-9H,1-2,4-7H2. The number of hydrogen-bond donors (Lipinski definition) is 0. The highest BCUT2D eigenvalue weighted by molar-refractivity contribution is 5.70. The first-order chi connectivity index (χ1) is 7.81. The summed E-state index contributed by atoms with van der Waals surface area (Å²) in [7, 11) is 0.